The van der Waals surface area contributed by atoms with E-state index >= 15 is 0 Å². The van der Waals surface area contributed by atoms with E-state index in [9.17, 15) is 14.0 Å². The fourth-order valence-electron chi connectivity index (χ4n) is 2.51. The highest BCUT2D eigenvalue weighted by Crippen LogP contribution is 2.18. The normalized spacial score (nSPS) is 11.6. The third kappa shape index (κ3) is 3.66. The molecule has 126 valence electrons. The fraction of sp³-hybridized carbons (Fsp3) is 0.100. The summed E-state index contributed by atoms with van der Waals surface area (Å²) in [6, 6.07) is 13.3. The van der Waals surface area contributed by atoms with Crippen LogP contribution < -0.4 is 10.9 Å². The zero-order chi connectivity index (χ0) is 18.0. The van der Waals surface area contributed by atoms with Crippen molar-refractivity contribution >= 4 is 28.6 Å². The quantitative estimate of drug-likeness (QED) is 0.710. The van der Waals surface area contributed by atoms with Gasteiger partial charge in [-0.3, -0.25) is 9.59 Å². The van der Waals surface area contributed by atoms with Gasteiger partial charge in [0.05, 0.1) is 5.52 Å². The number of aromatic amines is 1. The summed E-state index contributed by atoms with van der Waals surface area (Å²) in [4.78, 5) is 26.8. The van der Waals surface area contributed by atoms with Gasteiger partial charge in [-0.15, -0.1) is 0 Å². The number of carbonyl (C=O) groups is 1. The van der Waals surface area contributed by atoms with Gasteiger partial charge in [-0.05, 0) is 49.6 Å². The van der Waals surface area contributed by atoms with Gasteiger partial charge in [0.15, 0.2) is 0 Å². The highest BCUT2D eigenvalue weighted by Gasteiger charge is 2.08. The molecule has 25 heavy (non-hydrogen) atoms. The second-order valence-corrected chi connectivity index (χ2v) is 5.89. The maximum absolute atomic E-state index is 13.7. The van der Waals surface area contributed by atoms with E-state index in [0.29, 0.717) is 27.9 Å². The first-order chi connectivity index (χ1) is 11.9. The van der Waals surface area contributed by atoms with Gasteiger partial charge in [-0.1, -0.05) is 24.3 Å². The summed E-state index contributed by atoms with van der Waals surface area (Å²) in [6.07, 6.45) is 1.50. The Hall–Kier alpha value is -3.21. The Morgan fingerprint density at radius 2 is 1.92 bits per heavy atom. The number of H-pyrrole nitrogens is 1. The molecule has 0 radical (unpaired) electrons. The molecule has 3 aromatic rings. The van der Waals surface area contributed by atoms with Gasteiger partial charge in [-0.25, -0.2) is 4.39 Å². The molecule has 4 nitrogen and oxygen atoms in total. The summed E-state index contributed by atoms with van der Waals surface area (Å²) in [5, 5.41) is 3.64. The number of fused-ring (bicyclic) bond motifs is 1. The molecule has 0 atom stereocenters. The number of hydrogen-bond acceptors (Lipinski definition) is 2. The van der Waals surface area contributed by atoms with Crippen LogP contribution >= 0.6 is 0 Å². The first kappa shape index (κ1) is 16.6. The lowest BCUT2D eigenvalue weighted by Crippen LogP contribution is -2.13. The molecule has 0 aliphatic carbocycles. The molecule has 1 amide bonds. The van der Waals surface area contributed by atoms with Crippen LogP contribution in [0.5, 0.6) is 0 Å². The van der Waals surface area contributed by atoms with Gasteiger partial charge >= 0.3 is 0 Å². The van der Waals surface area contributed by atoms with E-state index in [2.05, 4.69) is 10.3 Å². The van der Waals surface area contributed by atoms with Crippen LogP contribution in [0.15, 0.2) is 58.9 Å². The van der Waals surface area contributed by atoms with Crippen molar-refractivity contribution in [3.63, 3.8) is 0 Å². The number of aryl methyl sites for hydroxylation is 1. The smallest absolute Gasteiger partial charge is 0.251 e. The van der Waals surface area contributed by atoms with Crippen molar-refractivity contribution in [3.05, 3.63) is 81.4 Å². The molecular formula is C20H17FN2O2. The number of carbonyl (C=O) groups excluding carboxylic acids is 1. The number of halogens is 1. The van der Waals surface area contributed by atoms with Crippen LogP contribution in [0.1, 0.15) is 18.1 Å². The minimum atomic E-state index is -0.381. The molecule has 0 aliphatic rings. The minimum absolute atomic E-state index is 0.161. The summed E-state index contributed by atoms with van der Waals surface area (Å²) in [5.41, 5.74) is 2.40. The molecule has 3 rings (SSSR count). The highest BCUT2D eigenvalue weighted by molar-refractivity contribution is 6.06. The molecule has 0 saturated heterocycles. The predicted octanol–water partition coefficient (Wildman–Crippen LogP) is 4.02. The summed E-state index contributed by atoms with van der Waals surface area (Å²) in [7, 11) is 0. The van der Waals surface area contributed by atoms with E-state index in [0.717, 1.165) is 5.39 Å². The van der Waals surface area contributed by atoms with E-state index in [1.807, 2.05) is 6.07 Å². The third-order valence-electron chi connectivity index (χ3n) is 3.92. The summed E-state index contributed by atoms with van der Waals surface area (Å²) in [6.45, 7) is 3.36. The minimum Gasteiger partial charge on any atom is -0.322 e. The van der Waals surface area contributed by atoms with Crippen molar-refractivity contribution in [3.8, 4) is 0 Å². The first-order valence-electron chi connectivity index (χ1n) is 7.82. The molecule has 5 heteroatoms. The standard InChI is InChI=1S/C20H17FN2O2/c1-12(9-14-5-3-4-6-17(14)21)19(24)22-16-8-7-15-10-13(2)20(25)23-18(15)11-16/h3-11H,1-2H3,(H,22,24)(H,23,25)/b12-9+. The Labute approximate surface area is 144 Å². The fourth-order valence-corrected chi connectivity index (χ4v) is 2.51. The molecule has 0 fully saturated rings. The topological polar surface area (TPSA) is 62.0 Å². The summed E-state index contributed by atoms with van der Waals surface area (Å²) < 4.78 is 13.7. The van der Waals surface area contributed by atoms with Crippen molar-refractivity contribution < 1.29 is 9.18 Å². The van der Waals surface area contributed by atoms with Crippen molar-refractivity contribution in [2.24, 2.45) is 0 Å². The second-order valence-electron chi connectivity index (χ2n) is 5.89. The zero-order valence-electron chi connectivity index (χ0n) is 13.9. The predicted molar refractivity (Wildman–Crippen MR) is 98.0 cm³/mol. The number of amides is 1. The van der Waals surface area contributed by atoms with Crippen LogP contribution in [0.4, 0.5) is 10.1 Å². The van der Waals surface area contributed by atoms with Crippen LogP contribution in [0.25, 0.3) is 17.0 Å². The first-order valence-corrected chi connectivity index (χ1v) is 7.82. The van der Waals surface area contributed by atoms with E-state index in [-0.39, 0.29) is 17.3 Å². The number of nitrogens with one attached hydrogen (secondary N) is 2. The largest absolute Gasteiger partial charge is 0.322 e. The van der Waals surface area contributed by atoms with Crippen LogP contribution in [0, 0.1) is 12.7 Å². The van der Waals surface area contributed by atoms with Gasteiger partial charge in [0.1, 0.15) is 5.82 Å². The van der Waals surface area contributed by atoms with E-state index in [1.165, 1.54) is 12.1 Å². The zero-order valence-corrected chi connectivity index (χ0v) is 13.9. The molecule has 2 aromatic carbocycles. The monoisotopic (exact) mass is 336 g/mol. The average Bonchev–Trinajstić information content (AvgIpc) is 2.58. The molecule has 0 spiro atoms. The number of rotatable bonds is 3. The van der Waals surface area contributed by atoms with Crippen molar-refractivity contribution in [2.45, 2.75) is 13.8 Å². The average molecular weight is 336 g/mol. The van der Waals surface area contributed by atoms with Gasteiger partial charge < -0.3 is 10.3 Å². The van der Waals surface area contributed by atoms with Gasteiger partial charge in [-0.2, -0.15) is 0 Å². The molecule has 0 aliphatic heterocycles. The van der Waals surface area contributed by atoms with Crippen LogP contribution in [0.3, 0.4) is 0 Å². The number of benzene rings is 2. The maximum atomic E-state index is 13.7. The van der Waals surface area contributed by atoms with Crippen molar-refractivity contribution in [1.82, 2.24) is 4.98 Å². The van der Waals surface area contributed by atoms with Gasteiger partial charge in [0.25, 0.3) is 11.5 Å². The molecular weight excluding hydrogens is 319 g/mol. The van der Waals surface area contributed by atoms with E-state index < -0.39 is 0 Å². The number of pyridine rings is 1. The van der Waals surface area contributed by atoms with Crippen molar-refractivity contribution in [2.75, 3.05) is 5.32 Å². The number of hydrogen-bond donors (Lipinski definition) is 2. The Balaban J connectivity index is 1.85. The highest BCUT2D eigenvalue weighted by atomic mass is 19.1. The molecule has 0 saturated carbocycles. The molecule has 0 unspecified atom stereocenters. The van der Waals surface area contributed by atoms with E-state index in [4.69, 9.17) is 0 Å². The SMILES string of the molecule is C/C(=C\c1ccccc1F)C(=O)Nc1ccc2cc(C)c(=O)[nH]c2c1. The number of aromatic nitrogens is 1. The van der Waals surface area contributed by atoms with Gasteiger partial charge in [0, 0.05) is 22.4 Å². The third-order valence-corrected chi connectivity index (χ3v) is 3.92. The Kier molecular flexibility index (Phi) is 4.48. The van der Waals surface area contributed by atoms with Gasteiger partial charge in [0.2, 0.25) is 0 Å². The second kappa shape index (κ2) is 6.73. The lowest BCUT2D eigenvalue weighted by Gasteiger charge is -2.08. The van der Waals surface area contributed by atoms with Crippen molar-refractivity contribution in [1.29, 1.82) is 0 Å². The molecule has 2 N–H and O–H groups in total. The molecule has 1 heterocycles. The van der Waals surface area contributed by atoms with Crippen LogP contribution in [-0.2, 0) is 4.79 Å². The van der Waals surface area contributed by atoms with E-state index in [1.54, 1.807) is 50.2 Å². The summed E-state index contributed by atoms with van der Waals surface area (Å²) in [5.74, 6) is -0.717. The molecule has 0 bridgehead atoms. The lowest BCUT2D eigenvalue weighted by atomic mass is 10.1. The lowest BCUT2D eigenvalue weighted by molar-refractivity contribution is -0.112. The number of anilines is 1. The maximum Gasteiger partial charge on any atom is 0.251 e. The van der Waals surface area contributed by atoms with Crippen LogP contribution in [0.2, 0.25) is 0 Å². The Bertz CT molecular complexity index is 1050. The van der Waals surface area contributed by atoms with Crippen LogP contribution in [-0.4, -0.2) is 10.9 Å². The Morgan fingerprint density at radius 1 is 1.16 bits per heavy atom. The Morgan fingerprint density at radius 3 is 2.68 bits per heavy atom. The molecule has 1 aromatic heterocycles. The summed E-state index contributed by atoms with van der Waals surface area (Å²) >= 11 is 0.